The Morgan fingerprint density at radius 2 is 0.372 bits per heavy atom. The third kappa shape index (κ3) is 83.9. The molecule has 36 nitrogen and oxygen atoms in total. The van der Waals surface area contributed by atoms with Crippen LogP contribution < -0.4 is 21.3 Å². The summed E-state index contributed by atoms with van der Waals surface area (Å²) >= 11 is 0. The van der Waals surface area contributed by atoms with Crippen molar-refractivity contribution in [3.8, 4) is 0 Å². The molecule has 0 aromatic carbocycles. The highest BCUT2D eigenvalue weighted by atomic mass is 16.5. The average molecular weight is 1740 g/mol. The first kappa shape index (κ1) is 117. The molecule has 0 aliphatic heterocycles. The predicted molar refractivity (Wildman–Crippen MR) is 473 cm³/mol. The molecule has 714 valence electrons. The lowest BCUT2D eigenvalue weighted by atomic mass is 10.2. The van der Waals surface area contributed by atoms with Crippen LogP contribution in [0, 0.1) is 0 Å². The summed E-state index contributed by atoms with van der Waals surface area (Å²) in [7, 11) is 16.0. The number of Topliss-reactive ketones (excluding diaryl/α,β-unsaturated/α-hetero) is 3. The van der Waals surface area contributed by atoms with Gasteiger partial charge >= 0.3 is 0 Å². The first-order chi connectivity index (χ1) is 58.6. The van der Waals surface area contributed by atoms with Gasteiger partial charge in [-0.2, -0.15) is 0 Å². The molecule has 0 aromatic heterocycles. The van der Waals surface area contributed by atoms with Gasteiger partial charge in [-0.05, 0) is 102 Å². The summed E-state index contributed by atoms with van der Waals surface area (Å²) in [4.78, 5) is 114. The summed E-state index contributed by atoms with van der Waals surface area (Å²) < 4.78 is 82.0. The van der Waals surface area contributed by atoms with E-state index in [1.54, 1.807) is 0 Å². The van der Waals surface area contributed by atoms with Gasteiger partial charge in [0.25, 0.3) is 0 Å². The normalized spacial score (nSPS) is 12.0. The van der Waals surface area contributed by atoms with Gasteiger partial charge in [0, 0.05) is 196 Å². The van der Waals surface area contributed by atoms with Crippen LogP contribution in [0.5, 0.6) is 0 Å². The molecule has 0 aliphatic carbocycles. The van der Waals surface area contributed by atoms with E-state index in [0.29, 0.717) is 302 Å². The fourth-order valence-corrected chi connectivity index (χ4v) is 11.4. The molecule has 0 atom stereocenters. The largest absolute Gasteiger partial charge is 0.380 e. The molecule has 0 aliphatic rings. The summed E-state index contributed by atoms with van der Waals surface area (Å²) in [5.41, 5.74) is 0. The van der Waals surface area contributed by atoms with E-state index in [1.165, 1.54) is 6.92 Å². The smallest absolute Gasteiger partial charge is 0.234 e. The summed E-state index contributed by atoms with van der Waals surface area (Å²) in [6.07, 6.45) is 5.56. The van der Waals surface area contributed by atoms with E-state index < -0.39 is 0 Å². The molecular weight excluding hydrogens is 1570 g/mol. The van der Waals surface area contributed by atoms with E-state index in [2.05, 4.69) is 78.4 Å². The van der Waals surface area contributed by atoms with Crippen LogP contribution >= 0.6 is 0 Å². The van der Waals surface area contributed by atoms with E-state index in [0.717, 1.165) is 51.9 Å². The highest BCUT2D eigenvalue weighted by Crippen LogP contribution is 2.04. The van der Waals surface area contributed by atoms with Gasteiger partial charge in [0.05, 0.1) is 191 Å². The molecule has 121 heavy (non-hydrogen) atoms. The van der Waals surface area contributed by atoms with Crippen molar-refractivity contribution in [2.45, 2.75) is 86.0 Å². The number of hydrogen-bond acceptors (Lipinski definition) is 32. The second kappa shape index (κ2) is 86.6. The Hall–Kier alpha value is -4.11. The maximum absolute atomic E-state index is 13.4. The van der Waals surface area contributed by atoms with Crippen LogP contribution in [0.3, 0.4) is 0 Å². The van der Waals surface area contributed by atoms with Crippen LogP contribution in [0.1, 0.15) is 86.0 Å². The maximum Gasteiger partial charge on any atom is 0.234 e. The van der Waals surface area contributed by atoms with Gasteiger partial charge in [-0.25, -0.2) is 0 Å². The van der Waals surface area contributed by atoms with Gasteiger partial charge in [-0.15, -0.1) is 0 Å². The quantitative estimate of drug-likeness (QED) is 0.0581. The van der Waals surface area contributed by atoms with Crippen molar-refractivity contribution in [3.05, 3.63) is 0 Å². The van der Waals surface area contributed by atoms with Crippen molar-refractivity contribution in [2.75, 3.05) is 431 Å². The first-order valence-corrected chi connectivity index (χ1v) is 44.9. The molecule has 0 aromatic rings. The monoisotopic (exact) mass is 1740 g/mol. The van der Waals surface area contributed by atoms with E-state index >= 15 is 0 Å². The fraction of sp³-hybridized carbons (Fsp3) is 0.918. The van der Waals surface area contributed by atoms with Crippen LogP contribution in [0.2, 0.25) is 0 Å². The molecule has 0 saturated carbocycles. The van der Waals surface area contributed by atoms with Crippen LogP contribution in [0.15, 0.2) is 0 Å². The Morgan fingerprint density at radius 1 is 0.207 bits per heavy atom. The number of carbonyl (C=O) groups excluding carboxylic acids is 7. The minimum atomic E-state index is -0.206. The van der Waals surface area contributed by atoms with Gasteiger partial charge in [0.2, 0.25) is 23.6 Å². The first-order valence-electron chi connectivity index (χ1n) is 44.9. The molecule has 0 saturated heterocycles. The summed E-state index contributed by atoms with van der Waals surface area (Å²) in [6, 6.07) is 0. The van der Waals surface area contributed by atoms with Gasteiger partial charge in [0.1, 0.15) is 17.3 Å². The molecule has 0 bridgehead atoms. The SMILES string of the molecule is CCCOCCN(CCOCCN(C)C)CC(=O)CCCOCCN(CCOCCNC(=O)CN(CCOCCC)CCOCCN(C)C)CC(=O)NCCOCCN(CCOCCNC(=O)CN(CCOCCCC(=O)CN(CCOCCC)CCOCCN(C)C)CCOCCNC(=O)CN(CCOCCC)CCOCCN(C)C)CC(C)=O. The zero-order valence-electron chi connectivity index (χ0n) is 78.0. The van der Waals surface area contributed by atoms with E-state index in [4.69, 9.17) is 66.3 Å². The number of carbonyl (C=O) groups is 7. The van der Waals surface area contributed by atoms with Crippen LogP contribution in [0.25, 0.3) is 0 Å². The van der Waals surface area contributed by atoms with Crippen LogP contribution in [-0.2, 0) is 99.9 Å². The second-order valence-corrected chi connectivity index (χ2v) is 31.1. The standard InChI is InChI=1S/C85H173N15O21/c1-14-44-108-58-32-95(34-68-118-54-26-90(6)7)73-80(102)20-18-48-112-62-38-99(40-66-116-52-24-88-82(104)75-97(36-60-110-46-16-3)42-70-120-56-28-92(10)11)77-84(106)86-22-50-114-64-30-94(72-79(5)101)31-65-115-51-23-87-85(107)78-100(39-63-113-49-19-21-81(103)74-96(33-59-109-45-15-2)35-69-119-55-27-91(8)9)41-67-117-53-25-89-83(105)76-98(37-61-111-47-17-4)43-71-121-57-29-93(12)13/h14-78H2,1-13H3,(H,86,106)(H,87,107)(H,88,104)(H,89,105). The van der Waals surface area contributed by atoms with Crippen molar-refractivity contribution in [3.63, 3.8) is 0 Å². The molecule has 0 rings (SSSR count). The van der Waals surface area contributed by atoms with E-state index in [1.807, 2.05) is 80.9 Å². The lowest BCUT2D eigenvalue weighted by Gasteiger charge is -2.23. The minimum absolute atomic E-state index is 0.0139. The lowest BCUT2D eigenvalue weighted by molar-refractivity contribution is -0.124. The van der Waals surface area contributed by atoms with Gasteiger partial charge in [-0.3, -0.25) is 67.9 Å². The van der Waals surface area contributed by atoms with Gasteiger partial charge < -0.3 is 107 Å². The van der Waals surface area contributed by atoms with Crippen LogP contribution in [0.4, 0.5) is 0 Å². The fourth-order valence-electron chi connectivity index (χ4n) is 11.4. The third-order valence-electron chi connectivity index (χ3n) is 18.3. The Labute approximate surface area is 730 Å². The Balaban J connectivity index is 5.60. The molecule has 4 amide bonds. The third-order valence-corrected chi connectivity index (χ3v) is 18.3. The number of likely N-dealkylation sites (N-methyl/N-ethyl adjacent to an activating group) is 4. The molecule has 4 N–H and O–H groups in total. The number of ether oxygens (including phenoxy) is 14. The summed E-state index contributed by atoms with van der Waals surface area (Å²) in [6.45, 7) is 36.2. The number of hydrogen-bond donors (Lipinski definition) is 4. The molecule has 0 spiro atoms. The summed E-state index contributed by atoms with van der Waals surface area (Å²) in [5, 5.41) is 11.8. The second-order valence-electron chi connectivity index (χ2n) is 31.1. The van der Waals surface area contributed by atoms with Crippen molar-refractivity contribution in [1.82, 2.24) is 75.2 Å². The number of nitrogens with zero attached hydrogens (tertiary/aromatic N) is 11. The van der Waals surface area contributed by atoms with Crippen molar-refractivity contribution in [1.29, 1.82) is 0 Å². The molecule has 36 heteroatoms. The number of rotatable bonds is 96. The molecule has 0 radical (unpaired) electrons. The lowest BCUT2D eigenvalue weighted by Crippen LogP contribution is -2.42. The molecule has 0 fully saturated rings. The highest BCUT2D eigenvalue weighted by Gasteiger charge is 2.19. The van der Waals surface area contributed by atoms with E-state index in [-0.39, 0.29) is 113 Å². The zero-order valence-corrected chi connectivity index (χ0v) is 78.0. The molecule has 0 unspecified atom stereocenters. The van der Waals surface area contributed by atoms with Crippen molar-refractivity contribution < 1.29 is 99.9 Å². The average Bonchev–Trinajstić information content (AvgIpc) is 1.01. The van der Waals surface area contributed by atoms with Crippen LogP contribution in [-0.4, -0.2) is 526 Å². The van der Waals surface area contributed by atoms with Gasteiger partial charge in [0.15, 0.2) is 0 Å². The zero-order chi connectivity index (χ0) is 89.1. The number of ketones is 3. The number of amides is 4. The maximum atomic E-state index is 13.4. The molecule has 0 heterocycles. The minimum Gasteiger partial charge on any atom is -0.380 e. The van der Waals surface area contributed by atoms with E-state index in [9.17, 15) is 33.6 Å². The Morgan fingerprint density at radius 3 is 0.562 bits per heavy atom. The number of nitrogens with one attached hydrogen (secondary N) is 4. The topological polar surface area (TPSA) is 332 Å². The molecular formula is C85H173N15O21. The Kier molecular flexibility index (Phi) is 83.7. The van der Waals surface area contributed by atoms with Crippen molar-refractivity contribution in [2.24, 2.45) is 0 Å². The summed E-state index contributed by atoms with van der Waals surface area (Å²) in [5.74, 6) is -0.420. The van der Waals surface area contributed by atoms with Crippen molar-refractivity contribution >= 4 is 41.0 Å². The predicted octanol–water partition coefficient (Wildman–Crippen LogP) is -0.0284. The Bertz CT molecular complexity index is 2140. The van der Waals surface area contributed by atoms with Gasteiger partial charge in [-0.1, -0.05) is 27.7 Å². The highest BCUT2D eigenvalue weighted by molar-refractivity contribution is 5.81.